The van der Waals surface area contributed by atoms with Crippen molar-refractivity contribution in [1.82, 2.24) is 24.5 Å². The molecule has 2 rings (SSSR count). The van der Waals surface area contributed by atoms with Crippen LogP contribution in [0.1, 0.15) is 11.3 Å². The van der Waals surface area contributed by atoms with Gasteiger partial charge >= 0.3 is 0 Å². The van der Waals surface area contributed by atoms with Gasteiger partial charge in [-0.05, 0) is 18.5 Å². The van der Waals surface area contributed by atoms with E-state index in [0.29, 0.717) is 0 Å². The van der Waals surface area contributed by atoms with Gasteiger partial charge in [-0.3, -0.25) is 4.68 Å². The van der Waals surface area contributed by atoms with Gasteiger partial charge in [0.15, 0.2) is 0 Å². The lowest BCUT2D eigenvalue weighted by Crippen LogP contribution is -2.23. The second kappa shape index (κ2) is 5.24. The zero-order valence-electron chi connectivity index (χ0n) is 10.3. The summed E-state index contributed by atoms with van der Waals surface area (Å²) >= 11 is 5.51. The molecule has 0 radical (unpaired) electrons. The Bertz CT molecular complexity index is 680. The molecule has 0 saturated heterocycles. The fraction of sp³-hybridized carbons (Fsp3) is 0.300. The summed E-state index contributed by atoms with van der Waals surface area (Å²) in [6, 6.07) is 0. The Labute approximate surface area is 115 Å². The lowest BCUT2D eigenvalue weighted by Gasteiger charge is -2.05. The third kappa shape index (κ3) is 3.09. The number of aryl methyl sites for hydroxylation is 1. The summed E-state index contributed by atoms with van der Waals surface area (Å²) in [7, 11) is -1.86. The average Bonchev–Trinajstić information content (AvgIpc) is 2.68. The fourth-order valence-corrected chi connectivity index (χ4v) is 2.41. The van der Waals surface area contributed by atoms with Crippen LogP contribution in [0.5, 0.6) is 0 Å². The minimum atomic E-state index is -3.65. The topological polar surface area (TPSA) is 89.8 Å². The van der Waals surface area contributed by atoms with Crippen LogP contribution in [0.3, 0.4) is 0 Å². The van der Waals surface area contributed by atoms with Crippen molar-refractivity contribution in [2.75, 3.05) is 0 Å². The summed E-state index contributed by atoms with van der Waals surface area (Å²) in [4.78, 5) is 7.25. The molecule has 102 valence electrons. The minimum absolute atomic E-state index is 0.00190. The number of aromatic nitrogens is 4. The van der Waals surface area contributed by atoms with Crippen molar-refractivity contribution in [3.8, 4) is 0 Å². The molecule has 0 aromatic carbocycles. The molecule has 1 N–H and O–H groups in total. The quantitative estimate of drug-likeness (QED) is 0.838. The molecule has 19 heavy (non-hydrogen) atoms. The normalized spacial score (nSPS) is 11.7. The molecule has 0 fully saturated rings. The smallest absolute Gasteiger partial charge is 0.243 e. The van der Waals surface area contributed by atoms with Crippen LogP contribution < -0.4 is 4.72 Å². The molecule has 0 unspecified atom stereocenters. The molecule has 0 aliphatic heterocycles. The maximum atomic E-state index is 12.0. The van der Waals surface area contributed by atoms with Gasteiger partial charge in [-0.1, -0.05) is 0 Å². The average molecular weight is 302 g/mol. The molecule has 0 aliphatic carbocycles. The zero-order chi connectivity index (χ0) is 14.0. The van der Waals surface area contributed by atoms with Crippen molar-refractivity contribution in [1.29, 1.82) is 0 Å². The summed E-state index contributed by atoms with van der Waals surface area (Å²) in [6.45, 7) is 2.02. The van der Waals surface area contributed by atoms with Crippen LogP contribution in [-0.2, 0) is 23.6 Å². The van der Waals surface area contributed by atoms with Crippen LogP contribution >= 0.6 is 11.6 Å². The van der Waals surface area contributed by atoms with E-state index in [0.717, 1.165) is 23.7 Å². The Kier molecular flexibility index (Phi) is 3.83. The van der Waals surface area contributed by atoms with Crippen LogP contribution in [-0.4, -0.2) is 28.2 Å². The molecule has 0 saturated carbocycles. The Morgan fingerprint density at radius 1 is 1.32 bits per heavy atom. The Balaban J connectivity index is 2.14. The summed E-state index contributed by atoms with van der Waals surface area (Å²) in [6.07, 6.45) is 3.94. The highest BCUT2D eigenvalue weighted by Crippen LogP contribution is 2.10. The van der Waals surface area contributed by atoms with E-state index < -0.39 is 10.0 Å². The number of hydrogen-bond donors (Lipinski definition) is 1. The lowest BCUT2D eigenvalue weighted by atomic mass is 10.3. The van der Waals surface area contributed by atoms with Gasteiger partial charge in [0.05, 0.1) is 18.6 Å². The van der Waals surface area contributed by atoms with Crippen molar-refractivity contribution in [3.63, 3.8) is 0 Å². The van der Waals surface area contributed by atoms with Crippen molar-refractivity contribution in [2.24, 2.45) is 7.05 Å². The fourth-order valence-electron chi connectivity index (χ4n) is 1.41. The van der Waals surface area contributed by atoms with Crippen molar-refractivity contribution in [2.45, 2.75) is 18.4 Å². The predicted octanol–water partition coefficient (Wildman–Crippen LogP) is 0.650. The van der Waals surface area contributed by atoms with E-state index in [-0.39, 0.29) is 16.7 Å². The Morgan fingerprint density at radius 3 is 2.47 bits per heavy atom. The van der Waals surface area contributed by atoms with Crippen LogP contribution in [0.25, 0.3) is 0 Å². The molecule has 2 aromatic heterocycles. The van der Waals surface area contributed by atoms with E-state index >= 15 is 0 Å². The zero-order valence-corrected chi connectivity index (χ0v) is 11.9. The van der Waals surface area contributed by atoms with Gasteiger partial charge in [0.25, 0.3) is 0 Å². The van der Waals surface area contributed by atoms with Gasteiger partial charge in [-0.25, -0.2) is 23.1 Å². The van der Waals surface area contributed by atoms with Crippen molar-refractivity contribution >= 4 is 21.6 Å². The molecule has 0 aliphatic rings. The maximum absolute atomic E-state index is 12.0. The van der Waals surface area contributed by atoms with Gasteiger partial charge in [-0.2, -0.15) is 5.10 Å². The molecular weight excluding hydrogens is 290 g/mol. The third-order valence-corrected chi connectivity index (χ3v) is 4.25. The van der Waals surface area contributed by atoms with Crippen LogP contribution in [0, 0.1) is 6.92 Å². The van der Waals surface area contributed by atoms with Gasteiger partial charge < -0.3 is 0 Å². The first-order chi connectivity index (χ1) is 8.90. The number of rotatable bonds is 4. The molecule has 0 bridgehead atoms. The lowest BCUT2D eigenvalue weighted by molar-refractivity contribution is 0.580. The van der Waals surface area contributed by atoms with E-state index in [1.165, 1.54) is 0 Å². The molecule has 0 amide bonds. The van der Waals surface area contributed by atoms with E-state index in [4.69, 9.17) is 11.6 Å². The number of sulfonamides is 1. The predicted molar refractivity (Wildman–Crippen MR) is 69.0 cm³/mol. The first-order valence-electron chi connectivity index (χ1n) is 5.35. The van der Waals surface area contributed by atoms with E-state index in [2.05, 4.69) is 19.8 Å². The summed E-state index contributed by atoms with van der Waals surface area (Å²) in [5, 5.41) is 4.04. The summed E-state index contributed by atoms with van der Waals surface area (Å²) in [5.41, 5.74) is 1.70. The monoisotopic (exact) mass is 301 g/mol. The molecule has 9 heteroatoms. The first-order valence-corrected chi connectivity index (χ1v) is 7.21. The number of nitrogens with zero attached hydrogens (tertiary/aromatic N) is 4. The summed E-state index contributed by atoms with van der Waals surface area (Å²) in [5.74, 6) is 0. The van der Waals surface area contributed by atoms with Gasteiger partial charge in [0.2, 0.25) is 15.3 Å². The molecule has 2 aromatic rings. The first kappa shape index (κ1) is 13.9. The number of hydrogen-bond acceptors (Lipinski definition) is 5. The second-order valence-electron chi connectivity index (χ2n) is 3.89. The standard InChI is InChI=1S/C10H12ClN5O2S/c1-7-8(3-14-16(7)2)4-15-19(17,18)9-5-12-10(11)13-6-9/h3,5-6,15H,4H2,1-2H3. The highest BCUT2D eigenvalue weighted by molar-refractivity contribution is 7.89. The van der Waals surface area contributed by atoms with Crippen LogP contribution in [0.4, 0.5) is 0 Å². The van der Waals surface area contributed by atoms with Gasteiger partial charge in [0, 0.05) is 24.8 Å². The van der Waals surface area contributed by atoms with Gasteiger partial charge in [-0.15, -0.1) is 0 Å². The van der Waals surface area contributed by atoms with Gasteiger partial charge in [0.1, 0.15) is 4.90 Å². The largest absolute Gasteiger partial charge is 0.273 e. The van der Waals surface area contributed by atoms with Crippen LogP contribution in [0.2, 0.25) is 5.28 Å². The van der Waals surface area contributed by atoms with E-state index in [1.807, 2.05) is 6.92 Å². The van der Waals surface area contributed by atoms with E-state index in [9.17, 15) is 8.42 Å². The third-order valence-electron chi connectivity index (χ3n) is 2.70. The molecule has 0 spiro atoms. The molecule has 7 nitrogen and oxygen atoms in total. The highest BCUT2D eigenvalue weighted by atomic mass is 35.5. The number of halogens is 1. The molecule has 2 heterocycles. The maximum Gasteiger partial charge on any atom is 0.243 e. The summed E-state index contributed by atoms with van der Waals surface area (Å²) < 4.78 is 28.1. The number of nitrogens with one attached hydrogen (secondary N) is 1. The Hall–Kier alpha value is -1.51. The highest BCUT2D eigenvalue weighted by Gasteiger charge is 2.16. The SMILES string of the molecule is Cc1c(CNS(=O)(=O)c2cnc(Cl)nc2)cnn1C. The second-order valence-corrected chi connectivity index (χ2v) is 6.00. The molecular formula is C10H12ClN5O2S. The van der Waals surface area contributed by atoms with Crippen molar-refractivity contribution in [3.05, 3.63) is 35.1 Å². The minimum Gasteiger partial charge on any atom is -0.273 e. The van der Waals surface area contributed by atoms with Crippen molar-refractivity contribution < 1.29 is 8.42 Å². The van der Waals surface area contributed by atoms with E-state index in [1.54, 1.807) is 17.9 Å². The Morgan fingerprint density at radius 2 is 1.95 bits per heavy atom. The van der Waals surface area contributed by atoms with Crippen LogP contribution in [0.15, 0.2) is 23.5 Å². The molecule has 0 atom stereocenters.